The molecule has 1 amide bonds. The number of carbonyl (C=O) groups excluding carboxylic acids is 2. The maximum atomic E-state index is 13.4. The van der Waals surface area contributed by atoms with Gasteiger partial charge in [0.15, 0.2) is 5.13 Å². The molecule has 1 unspecified atom stereocenters. The molecule has 1 saturated heterocycles. The average molecular weight is 601 g/mol. The van der Waals surface area contributed by atoms with Crippen molar-refractivity contribution in [1.29, 1.82) is 0 Å². The summed E-state index contributed by atoms with van der Waals surface area (Å²) in [5.41, 5.74) is 0.925. The van der Waals surface area contributed by atoms with Crippen molar-refractivity contribution in [3.05, 3.63) is 106 Å². The number of anilines is 1. The summed E-state index contributed by atoms with van der Waals surface area (Å²) in [6, 6.07) is 17.3. The van der Waals surface area contributed by atoms with Gasteiger partial charge in [0.05, 0.1) is 22.7 Å². The van der Waals surface area contributed by atoms with E-state index in [1.54, 1.807) is 49.4 Å². The molecule has 200 valence electrons. The molecule has 2 heterocycles. The highest BCUT2D eigenvalue weighted by Gasteiger charge is 2.48. The smallest absolute Gasteiger partial charge is 0.301 e. The standard InChI is InChI=1S/C27H19ClN2O6S2.H2S/c1-15-12-18(31)10-11-20(15)24(32)22-23(16-6-5-7-17(28)13-16)30(26(34)25(22)33)27-29-14-21(37-27)38(35,36)19-8-3-2-4-9-19;/h2-14,23,31-32H,1H3;1H2. The molecule has 1 aliphatic heterocycles. The zero-order chi connectivity index (χ0) is 27.2. The fourth-order valence-electron chi connectivity index (χ4n) is 4.28. The van der Waals surface area contributed by atoms with Crippen molar-refractivity contribution in [1.82, 2.24) is 4.98 Å². The van der Waals surface area contributed by atoms with Crippen LogP contribution in [0, 0.1) is 6.92 Å². The van der Waals surface area contributed by atoms with Gasteiger partial charge in [-0.05, 0) is 60.5 Å². The van der Waals surface area contributed by atoms with E-state index >= 15 is 0 Å². The van der Waals surface area contributed by atoms with Gasteiger partial charge in [-0.2, -0.15) is 13.5 Å². The number of hydrogen-bond acceptors (Lipinski definition) is 8. The number of aromatic hydroxyl groups is 1. The predicted molar refractivity (Wildman–Crippen MR) is 153 cm³/mol. The molecular formula is C27H21ClN2O6S3. The molecule has 1 aliphatic rings. The fourth-order valence-corrected chi connectivity index (χ4v) is 7.05. The Balaban J connectivity index is 0.00000353. The number of thiazole rings is 1. The van der Waals surface area contributed by atoms with Gasteiger partial charge in [0, 0.05) is 10.6 Å². The summed E-state index contributed by atoms with van der Waals surface area (Å²) in [5.74, 6) is -2.42. The van der Waals surface area contributed by atoms with Crippen molar-refractivity contribution in [3.8, 4) is 5.75 Å². The summed E-state index contributed by atoms with van der Waals surface area (Å²) in [4.78, 5) is 32.0. The Hall–Kier alpha value is -3.64. The van der Waals surface area contributed by atoms with Crippen LogP contribution < -0.4 is 4.90 Å². The van der Waals surface area contributed by atoms with Crippen LogP contribution in [0.1, 0.15) is 22.7 Å². The summed E-state index contributed by atoms with van der Waals surface area (Å²) in [5, 5.41) is 21.4. The lowest BCUT2D eigenvalue weighted by molar-refractivity contribution is -0.132. The second kappa shape index (κ2) is 10.9. The van der Waals surface area contributed by atoms with E-state index in [9.17, 15) is 28.2 Å². The van der Waals surface area contributed by atoms with Crippen LogP contribution in [0.2, 0.25) is 5.02 Å². The third-order valence-corrected chi connectivity index (χ3v) is 9.53. The van der Waals surface area contributed by atoms with E-state index < -0.39 is 33.3 Å². The number of ketones is 1. The van der Waals surface area contributed by atoms with Crippen molar-refractivity contribution in [3.63, 3.8) is 0 Å². The number of aliphatic hydroxyl groups is 1. The second-order valence-corrected chi connectivity index (χ2v) is 12.1. The van der Waals surface area contributed by atoms with Gasteiger partial charge in [-0.3, -0.25) is 14.5 Å². The van der Waals surface area contributed by atoms with E-state index in [1.807, 2.05) is 0 Å². The Bertz CT molecular complexity index is 1740. The van der Waals surface area contributed by atoms with Crippen LogP contribution in [0.5, 0.6) is 5.75 Å². The number of phenols is 1. The molecule has 1 aromatic heterocycles. The lowest BCUT2D eigenvalue weighted by atomic mass is 9.94. The van der Waals surface area contributed by atoms with E-state index in [-0.39, 0.29) is 44.6 Å². The van der Waals surface area contributed by atoms with E-state index in [0.29, 0.717) is 16.1 Å². The zero-order valence-corrected chi connectivity index (χ0v) is 23.6. The predicted octanol–water partition coefficient (Wildman–Crippen LogP) is 5.38. The number of Topliss-reactive ketones (excluding diaryl/α,β-unsaturated/α-hetero) is 1. The van der Waals surface area contributed by atoms with Crippen LogP contribution in [0.25, 0.3) is 5.76 Å². The Kier molecular flexibility index (Phi) is 7.89. The Morgan fingerprint density at radius 1 is 1.03 bits per heavy atom. The van der Waals surface area contributed by atoms with Crippen LogP contribution >= 0.6 is 36.4 Å². The van der Waals surface area contributed by atoms with Crippen molar-refractivity contribution < 1.29 is 28.2 Å². The average Bonchev–Trinajstić information content (AvgIpc) is 3.48. The zero-order valence-electron chi connectivity index (χ0n) is 20.2. The van der Waals surface area contributed by atoms with E-state index in [0.717, 1.165) is 22.4 Å². The van der Waals surface area contributed by atoms with Gasteiger partial charge in [-0.25, -0.2) is 13.4 Å². The van der Waals surface area contributed by atoms with E-state index in [4.69, 9.17) is 11.6 Å². The molecule has 0 spiro atoms. The first-order chi connectivity index (χ1) is 18.1. The summed E-state index contributed by atoms with van der Waals surface area (Å²) >= 11 is 6.96. The molecule has 8 nitrogen and oxygen atoms in total. The number of nitrogens with zero attached hydrogens (tertiary/aromatic N) is 2. The van der Waals surface area contributed by atoms with Crippen molar-refractivity contribution in [2.24, 2.45) is 0 Å². The number of rotatable bonds is 5. The molecule has 0 bridgehead atoms. The largest absolute Gasteiger partial charge is 0.508 e. The van der Waals surface area contributed by atoms with Gasteiger partial charge in [0.25, 0.3) is 5.78 Å². The number of aromatic nitrogens is 1. The Morgan fingerprint density at radius 3 is 2.41 bits per heavy atom. The molecule has 0 aliphatic carbocycles. The summed E-state index contributed by atoms with van der Waals surface area (Å²) in [6.07, 6.45) is 1.14. The SMILES string of the molecule is Cc1cc(O)ccc1C(O)=C1C(=O)C(=O)N(c2ncc(S(=O)(=O)c3ccccc3)s2)C1c1cccc(Cl)c1.S. The molecule has 3 aromatic carbocycles. The summed E-state index contributed by atoms with van der Waals surface area (Å²) in [6.45, 7) is 1.64. The molecule has 1 atom stereocenters. The van der Waals surface area contributed by atoms with Gasteiger partial charge in [-0.15, -0.1) is 0 Å². The molecule has 39 heavy (non-hydrogen) atoms. The second-order valence-electron chi connectivity index (χ2n) is 8.50. The maximum absolute atomic E-state index is 13.4. The number of sulfone groups is 1. The Labute approximate surface area is 240 Å². The lowest BCUT2D eigenvalue weighted by Gasteiger charge is -2.23. The number of halogens is 1. The van der Waals surface area contributed by atoms with Gasteiger partial charge in [0.2, 0.25) is 9.84 Å². The van der Waals surface area contributed by atoms with Gasteiger partial charge in [0.1, 0.15) is 15.7 Å². The van der Waals surface area contributed by atoms with Gasteiger partial charge in [-0.1, -0.05) is 53.3 Å². The topological polar surface area (TPSA) is 125 Å². The minimum Gasteiger partial charge on any atom is -0.508 e. The molecule has 0 radical (unpaired) electrons. The first-order valence-corrected chi connectivity index (χ1v) is 13.9. The highest BCUT2D eigenvalue weighted by Crippen LogP contribution is 2.45. The van der Waals surface area contributed by atoms with Crippen LogP contribution in [0.4, 0.5) is 5.13 Å². The number of aryl methyl sites for hydroxylation is 1. The number of aliphatic hydroxyl groups excluding tert-OH is 1. The minimum atomic E-state index is -3.92. The molecule has 0 saturated carbocycles. The molecule has 5 rings (SSSR count). The van der Waals surface area contributed by atoms with E-state index in [2.05, 4.69) is 4.98 Å². The Morgan fingerprint density at radius 2 is 1.74 bits per heavy atom. The van der Waals surface area contributed by atoms with Gasteiger partial charge >= 0.3 is 5.91 Å². The summed E-state index contributed by atoms with van der Waals surface area (Å²) in [7, 11) is -3.92. The lowest BCUT2D eigenvalue weighted by Crippen LogP contribution is -2.29. The number of amides is 1. The van der Waals surface area contributed by atoms with Crippen LogP contribution in [0.15, 0.2) is 93.7 Å². The summed E-state index contributed by atoms with van der Waals surface area (Å²) < 4.78 is 26.2. The van der Waals surface area contributed by atoms with Crippen LogP contribution in [-0.2, 0) is 19.4 Å². The quantitative estimate of drug-likeness (QED) is 0.179. The highest BCUT2D eigenvalue weighted by molar-refractivity contribution is 7.93. The molecule has 1 fully saturated rings. The number of hydrogen-bond donors (Lipinski definition) is 2. The van der Waals surface area contributed by atoms with E-state index in [1.165, 1.54) is 30.3 Å². The highest BCUT2D eigenvalue weighted by atomic mass is 35.5. The van der Waals surface area contributed by atoms with Crippen LogP contribution in [0.3, 0.4) is 0 Å². The number of phenolic OH excluding ortho intramolecular Hbond substituents is 1. The first kappa shape index (κ1) is 28.4. The minimum absolute atomic E-state index is 0. The maximum Gasteiger partial charge on any atom is 0.301 e. The normalized spacial score (nSPS) is 16.8. The number of carbonyl (C=O) groups is 2. The third-order valence-electron chi connectivity index (χ3n) is 6.07. The van der Waals surface area contributed by atoms with Crippen LogP contribution in [-0.4, -0.2) is 35.3 Å². The number of benzene rings is 3. The molecule has 12 heteroatoms. The fraction of sp³-hybridized carbons (Fsp3) is 0.0741. The monoisotopic (exact) mass is 600 g/mol. The van der Waals surface area contributed by atoms with Crippen molar-refractivity contribution in [2.75, 3.05) is 4.90 Å². The van der Waals surface area contributed by atoms with Crippen molar-refractivity contribution >= 4 is 68.9 Å². The van der Waals surface area contributed by atoms with Gasteiger partial charge < -0.3 is 10.2 Å². The molecule has 2 N–H and O–H groups in total. The third kappa shape index (κ3) is 5.06. The van der Waals surface area contributed by atoms with Crippen molar-refractivity contribution in [2.45, 2.75) is 22.1 Å². The first-order valence-electron chi connectivity index (χ1n) is 11.2. The molecular weight excluding hydrogens is 580 g/mol. The molecule has 4 aromatic rings.